The van der Waals surface area contributed by atoms with Gasteiger partial charge in [-0.05, 0) is 81.3 Å². The number of pyridine rings is 1. The molecule has 0 aliphatic heterocycles. The van der Waals surface area contributed by atoms with Crippen LogP contribution in [0.1, 0.15) is 73.8 Å². The van der Waals surface area contributed by atoms with Gasteiger partial charge in [0.05, 0.1) is 24.3 Å². The van der Waals surface area contributed by atoms with Gasteiger partial charge in [0.2, 0.25) is 0 Å². The highest BCUT2D eigenvalue weighted by molar-refractivity contribution is 5.87. The van der Waals surface area contributed by atoms with Crippen molar-refractivity contribution in [3.63, 3.8) is 0 Å². The SMILES string of the molecule is CC(C)=CCCC(C)CCOc1ccc(C#Cc2ccc(C(=O)O)cc2)nc1CCC(=O)O. The molecule has 1 heterocycles. The van der Waals surface area contributed by atoms with Gasteiger partial charge in [-0.2, -0.15) is 0 Å². The first-order chi connectivity index (χ1) is 15.7. The summed E-state index contributed by atoms with van der Waals surface area (Å²) in [6.45, 7) is 6.94. The summed E-state index contributed by atoms with van der Waals surface area (Å²) in [5.74, 6) is 5.13. The van der Waals surface area contributed by atoms with E-state index in [2.05, 4.69) is 43.7 Å². The smallest absolute Gasteiger partial charge is 0.335 e. The number of benzene rings is 1. The molecule has 2 N–H and O–H groups in total. The van der Waals surface area contributed by atoms with Gasteiger partial charge in [0, 0.05) is 12.0 Å². The lowest BCUT2D eigenvalue weighted by molar-refractivity contribution is -0.136. The van der Waals surface area contributed by atoms with Crippen molar-refractivity contribution >= 4 is 11.9 Å². The van der Waals surface area contributed by atoms with Crippen LogP contribution in [0.15, 0.2) is 48.0 Å². The Morgan fingerprint density at radius 2 is 1.79 bits per heavy atom. The third-order valence-corrected chi connectivity index (χ3v) is 5.06. The molecule has 33 heavy (non-hydrogen) atoms. The number of rotatable bonds is 11. The first-order valence-corrected chi connectivity index (χ1v) is 11.1. The predicted octanol–water partition coefficient (Wildman–Crippen LogP) is 5.35. The van der Waals surface area contributed by atoms with Gasteiger partial charge < -0.3 is 14.9 Å². The zero-order valence-electron chi connectivity index (χ0n) is 19.4. The zero-order chi connectivity index (χ0) is 24.2. The van der Waals surface area contributed by atoms with Crippen LogP contribution in [0.25, 0.3) is 0 Å². The zero-order valence-corrected chi connectivity index (χ0v) is 19.4. The normalized spacial score (nSPS) is 11.1. The number of allylic oxidation sites excluding steroid dienone is 2. The standard InChI is InChI=1S/C27H31NO5/c1-19(2)5-4-6-20(3)17-18-33-25-15-13-23(28-24(25)14-16-26(29)30)12-9-21-7-10-22(11-8-21)27(31)32/h5,7-8,10-11,13,15,20H,4,6,14,16-18H2,1-3H3,(H,29,30)(H,31,32). The van der Waals surface area contributed by atoms with Crippen molar-refractivity contribution in [2.45, 2.75) is 52.9 Å². The van der Waals surface area contributed by atoms with E-state index in [0.29, 0.717) is 35.2 Å². The molecule has 0 amide bonds. The lowest BCUT2D eigenvalue weighted by atomic mass is 10.0. The van der Waals surface area contributed by atoms with Crippen LogP contribution in [0.3, 0.4) is 0 Å². The van der Waals surface area contributed by atoms with Gasteiger partial charge in [0.15, 0.2) is 0 Å². The van der Waals surface area contributed by atoms with Crippen LogP contribution in [-0.2, 0) is 11.2 Å². The van der Waals surface area contributed by atoms with Crippen molar-refractivity contribution in [3.8, 4) is 17.6 Å². The first-order valence-electron chi connectivity index (χ1n) is 11.1. The van der Waals surface area contributed by atoms with Crippen LogP contribution in [0.5, 0.6) is 5.75 Å². The highest BCUT2D eigenvalue weighted by Crippen LogP contribution is 2.20. The second-order valence-corrected chi connectivity index (χ2v) is 8.27. The molecule has 1 aromatic heterocycles. The number of hydrogen-bond acceptors (Lipinski definition) is 4. The molecule has 0 radical (unpaired) electrons. The first kappa shape index (κ1) is 25.7. The number of aromatic carboxylic acids is 1. The summed E-state index contributed by atoms with van der Waals surface area (Å²) in [7, 11) is 0. The van der Waals surface area contributed by atoms with E-state index < -0.39 is 11.9 Å². The van der Waals surface area contributed by atoms with Crippen LogP contribution in [-0.4, -0.2) is 33.7 Å². The average Bonchev–Trinajstić information content (AvgIpc) is 2.77. The summed E-state index contributed by atoms with van der Waals surface area (Å²) in [6.07, 6.45) is 5.51. The van der Waals surface area contributed by atoms with E-state index in [0.717, 1.165) is 19.3 Å². The quantitative estimate of drug-likeness (QED) is 0.355. The lowest BCUT2D eigenvalue weighted by Crippen LogP contribution is -2.08. The van der Waals surface area contributed by atoms with Gasteiger partial charge in [-0.15, -0.1) is 0 Å². The van der Waals surface area contributed by atoms with Gasteiger partial charge in [0.25, 0.3) is 0 Å². The highest BCUT2D eigenvalue weighted by Gasteiger charge is 2.10. The third-order valence-electron chi connectivity index (χ3n) is 5.06. The summed E-state index contributed by atoms with van der Waals surface area (Å²) in [5, 5.41) is 18.1. The van der Waals surface area contributed by atoms with Gasteiger partial charge >= 0.3 is 11.9 Å². The fourth-order valence-electron chi connectivity index (χ4n) is 3.10. The molecule has 2 aromatic rings. The average molecular weight is 450 g/mol. The van der Waals surface area contributed by atoms with Crippen molar-refractivity contribution in [1.29, 1.82) is 0 Å². The topological polar surface area (TPSA) is 96.7 Å². The number of aromatic nitrogens is 1. The number of aliphatic carboxylic acids is 1. The van der Waals surface area contributed by atoms with Crippen molar-refractivity contribution in [2.24, 2.45) is 5.92 Å². The third kappa shape index (κ3) is 9.61. The monoisotopic (exact) mass is 449 g/mol. The Morgan fingerprint density at radius 1 is 1.06 bits per heavy atom. The number of hydrogen-bond donors (Lipinski definition) is 2. The molecule has 0 aliphatic carbocycles. The minimum absolute atomic E-state index is 0.0456. The molecule has 0 spiro atoms. The van der Waals surface area contributed by atoms with Crippen LogP contribution >= 0.6 is 0 Å². The van der Waals surface area contributed by atoms with Crippen molar-refractivity contribution in [2.75, 3.05) is 6.61 Å². The Balaban J connectivity index is 2.06. The molecule has 0 saturated heterocycles. The fraction of sp³-hybridized carbons (Fsp3) is 0.370. The highest BCUT2D eigenvalue weighted by atomic mass is 16.5. The van der Waals surface area contributed by atoms with Crippen LogP contribution in [0, 0.1) is 17.8 Å². The summed E-state index contributed by atoms with van der Waals surface area (Å²) in [6, 6.07) is 9.80. The second-order valence-electron chi connectivity index (χ2n) is 8.27. The van der Waals surface area contributed by atoms with Gasteiger partial charge in [-0.3, -0.25) is 4.79 Å². The largest absolute Gasteiger partial charge is 0.492 e. The number of carboxylic acid groups (broad SMARTS) is 2. The Morgan fingerprint density at radius 3 is 2.42 bits per heavy atom. The van der Waals surface area contributed by atoms with E-state index in [1.54, 1.807) is 24.3 Å². The van der Waals surface area contributed by atoms with Gasteiger partial charge in [0.1, 0.15) is 11.4 Å². The molecule has 174 valence electrons. The molecule has 1 atom stereocenters. The molecule has 0 fully saturated rings. The molecule has 1 unspecified atom stereocenters. The van der Waals surface area contributed by atoms with Crippen LogP contribution in [0.2, 0.25) is 0 Å². The van der Waals surface area contributed by atoms with E-state index in [4.69, 9.17) is 14.9 Å². The maximum absolute atomic E-state index is 11.1. The van der Waals surface area contributed by atoms with Crippen LogP contribution in [0.4, 0.5) is 0 Å². The van der Waals surface area contributed by atoms with E-state index >= 15 is 0 Å². The summed E-state index contributed by atoms with van der Waals surface area (Å²) < 4.78 is 5.95. The number of nitrogens with zero attached hydrogens (tertiary/aromatic N) is 1. The molecule has 1 aromatic carbocycles. The number of ether oxygens (including phenoxy) is 1. The Hall–Kier alpha value is -3.59. The molecule has 0 bridgehead atoms. The Kier molecular flexibility index (Phi) is 10.2. The summed E-state index contributed by atoms with van der Waals surface area (Å²) in [4.78, 5) is 26.5. The summed E-state index contributed by atoms with van der Waals surface area (Å²) in [5.41, 5.74) is 3.26. The van der Waals surface area contributed by atoms with E-state index in [-0.39, 0.29) is 18.4 Å². The molecular weight excluding hydrogens is 418 g/mol. The number of carboxylic acids is 2. The van der Waals surface area contributed by atoms with Crippen LogP contribution < -0.4 is 4.74 Å². The van der Waals surface area contributed by atoms with E-state index in [9.17, 15) is 9.59 Å². The Labute approximate surface area is 195 Å². The van der Waals surface area contributed by atoms with Crippen molar-refractivity contribution in [1.82, 2.24) is 4.98 Å². The molecule has 6 heteroatoms. The molecule has 6 nitrogen and oxygen atoms in total. The Bertz CT molecular complexity index is 1040. The van der Waals surface area contributed by atoms with Crippen molar-refractivity contribution < 1.29 is 24.5 Å². The van der Waals surface area contributed by atoms with Crippen molar-refractivity contribution in [3.05, 3.63) is 70.6 Å². The second kappa shape index (κ2) is 13.1. The molecular formula is C27H31NO5. The number of carbonyl (C=O) groups is 2. The minimum Gasteiger partial charge on any atom is -0.492 e. The molecule has 2 rings (SSSR count). The molecule has 0 saturated carbocycles. The lowest BCUT2D eigenvalue weighted by Gasteiger charge is -2.14. The fourth-order valence-corrected chi connectivity index (χ4v) is 3.10. The van der Waals surface area contributed by atoms with E-state index in [1.807, 2.05) is 0 Å². The summed E-state index contributed by atoms with van der Waals surface area (Å²) >= 11 is 0. The minimum atomic E-state index is -0.989. The van der Waals surface area contributed by atoms with E-state index in [1.165, 1.54) is 17.7 Å². The van der Waals surface area contributed by atoms with Gasteiger partial charge in [-0.1, -0.05) is 24.5 Å². The maximum atomic E-state index is 11.1. The van der Waals surface area contributed by atoms with Gasteiger partial charge in [-0.25, -0.2) is 9.78 Å². The maximum Gasteiger partial charge on any atom is 0.335 e. The number of aryl methyl sites for hydroxylation is 1. The predicted molar refractivity (Wildman–Crippen MR) is 128 cm³/mol. The molecule has 0 aliphatic rings.